The molecule has 2 atom stereocenters. The summed E-state index contributed by atoms with van der Waals surface area (Å²) in [6, 6.07) is 0. The van der Waals surface area contributed by atoms with Gasteiger partial charge in [0.2, 0.25) is 0 Å². The third kappa shape index (κ3) is 7.82. The largest absolute Gasteiger partial charge is 0.465 e. The lowest BCUT2D eigenvalue weighted by Crippen LogP contribution is -2.22. The molecule has 0 amide bonds. The number of rotatable bonds is 9. The van der Waals surface area contributed by atoms with Crippen LogP contribution in [0.3, 0.4) is 0 Å². The lowest BCUT2D eigenvalue weighted by atomic mass is 9.97. The van der Waals surface area contributed by atoms with Crippen LogP contribution < -0.4 is 0 Å². The molecule has 0 bridgehead atoms. The van der Waals surface area contributed by atoms with Gasteiger partial charge in [0.05, 0.1) is 12.0 Å². The average molecular weight is 252 g/mol. The molecule has 0 aromatic carbocycles. The van der Waals surface area contributed by atoms with Crippen molar-refractivity contribution in [3.63, 3.8) is 0 Å². The molecule has 0 aliphatic heterocycles. The van der Waals surface area contributed by atoms with Gasteiger partial charge in [-0.3, -0.25) is 4.79 Å². The number of halogens is 3. The van der Waals surface area contributed by atoms with Crippen molar-refractivity contribution in [2.45, 2.75) is 51.3 Å². The molecule has 0 heterocycles. The molecular formula is C12H19F3O2. The van der Waals surface area contributed by atoms with E-state index >= 15 is 0 Å². The normalized spacial score (nSPS) is 15.1. The van der Waals surface area contributed by atoms with Crippen LogP contribution in [0.1, 0.15) is 39.0 Å². The van der Waals surface area contributed by atoms with Crippen LogP contribution in [-0.2, 0) is 9.53 Å². The van der Waals surface area contributed by atoms with Gasteiger partial charge in [0.15, 0.2) is 0 Å². The van der Waals surface area contributed by atoms with Gasteiger partial charge in [-0.25, -0.2) is 0 Å². The van der Waals surface area contributed by atoms with Gasteiger partial charge >= 0.3 is 6.18 Å². The van der Waals surface area contributed by atoms with E-state index in [4.69, 9.17) is 0 Å². The summed E-state index contributed by atoms with van der Waals surface area (Å²) in [5.41, 5.74) is 0. The number of hydrogen-bond acceptors (Lipinski definition) is 2. The standard InChI is InChI=1S/C12H19F3O2/c1-3-6-11(12(13,14)15)8-5-4-7-10(2)17-9-16/h3,9-11H,1,4-8H2,2H3/t10-,11?/m1/s1. The van der Waals surface area contributed by atoms with E-state index in [1.807, 2.05) is 0 Å². The van der Waals surface area contributed by atoms with Gasteiger partial charge in [0, 0.05) is 0 Å². The Morgan fingerprint density at radius 3 is 2.35 bits per heavy atom. The Hall–Kier alpha value is -1.00. The van der Waals surface area contributed by atoms with Gasteiger partial charge in [-0.2, -0.15) is 13.2 Å². The van der Waals surface area contributed by atoms with Gasteiger partial charge in [0.25, 0.3) is 6.47 Å². The lowest BCUT2D eigenvalue weighted by Gasteiger charge is -2.18. The summed E-state index contributed by atoms with van der Waals surface area (Å²) in [5.74, 6) is -1.30. The Morgan fingerprint density at radius 2 is 1.88 bits per heavy atom. The summed E-state index contributed by atoms with van der Waals surface area (Å²) < 4.78 is 42.1. The van der Waals surface area contributed by atoms with E-state index in [0.29, 0.717) is 25.7 Å². The number of carbonyl (C=O) groups is 1. The van der Waals surface area contributed by atoms with Crippen molar-refractivity contribution >= 4 is 6.47 Å². The third-order valence-electron chi connectivity index (χ3n) is 2.62. The molecule has 0 saturated heterocycles. The molecule has 0 radical (unpaired) electrons. The molecule has 1 unspecified atom stereocenters. The summed E-state index contributed by atoms with van der Waals surface area (Å²) in [4.78, 5) is 9.99. The summed E-state index contributed by atoms with van der Waals surface area (Å²) in [7, 11) is 0. The minimum absolute atomic E-state index is 0.0378. The van der Waals surface area contributed by atoms with Crippen molar-refractivity contribution in [3.05, 3.63) is 12.7 Å². The molecule has 100 valence electrons. The number of ether oxygens (including phenoxy) is 1. The molecule has 0 aliphatic rings. The molecule has 0 spiro atoms. The smallest absolute Gasteiger partial charge is 0.392 e. The van der Waals surface area contributed by atoms with Crippen LogP contribution in [0.5, 0.6) is 0 Å². The molecule has 5 heteroatoms. The van der Waals surface area contributed by atoms with E-state index in [1.165, 1.54) is 6.08 Å². The molecule has 0 saturated carbocycles. The number of hydrogen-bond donors (Lipinski definition) is 0. The van der Waals surface area contributed by atoms with Gasteiger partial charge in [-0.1, -0.05) is 12.5 Å². The van der Waals surface area contributed by atoms with Crippen LogP contribution in [0.25, 0.3) is 0 Å². The predicted molar refractivity (Wildman–Crippen MR) is 59.4 cm³/mol. The highest BCUT2D eigenvalue weighted by atomic mass is 19.4. The van der Waals surface area contributed by atoms with Crippen molar-refractivity contribution in [2.24, 2.45) is 5.92 Å². The second kappa shape index (κ2) is 8.14. The van der Waals surface area contributed by atoms with E-state index in [1.54, 1.807) is 6.92 Å². The van der Waals surface area contributed by atoms with Gasteiger partial charge in [-0.15, -0.1) is 6.58 Å². The van der Waals surface area contributed by atoms with Crippen molar-refractivity contribution in [3.8, 4) is 0 Å². The van der Waals surface area contributed by atoms with Crippen LogP contribution in [-0.4, -0.2) is 18.8 Å². The molecule has 0 rings (SSSR count). The molecule has 2 nitrogen and oxygen atoms in total. The van der Waals surface area contributed by atoms with Gasteiger partial charge in [0.1, 0.15) is 0 Å². The highest BCUT2D eigenvalue weighted by Crippen LogP contribution is 2.33. The monoisotopic (exact) mass is 252 g/mol. The zero-order valence-corrected chi connectivity index (χ0v) is 10.0. The fraction of sp³-hybridized carbons (Fsp3) is 0.750. The first-order chi connectivity index (χ1) is 7.91. The molecule has 0 aromatic heterocycles. The fourth-order valence-electron chi connectivity index (χ4n) is 1.60. The van der Waals surface area contributed by atoms with Crippen LogP contribution >= 0.6 is 0 Å². The minimum Gasteiger partial charge on any atom is -0.465 e. The fourth-order valence-corrected chi connectivity index (χ4v) is 1.60. The van der Waals surface area contributed by atoms with Crippen LogP contribution in [0.2, 0.25) is 0 Å². The Kier molecular flexibility index (Phi) is 7.66. The molecule has 17 heavy (non-hydrogen) atoms. The Morgan fingerprint density at radius 1 is 1.29 bits per heavy atom. The topological polar surface area (TPSA) is 26.3 Å². The van der Waals surface area contributed by atoms with E-state index in [-0.39, 0.29) is 18.9 Å². The summed E-state index contributed by atoms with van der Waals surface area (Å²) >= 11 is 0. The summed E-state index contributed by atoms with van der Waals surface area (Å²) in [5, 5.41) is 0. The van der Waals surface area contributed by atoms with Crippen molar-refractivity contribution in [1.82, 2.24) is 0 Å². The maximum atomic E-state index is 12.5. The highest BCUT2D eigenvalue weighted by Gasteiger charge is 2.37. The Labute approximate surface area is 99.8 Å². The maximum Gasteiger partial charge on any atom is 0.392 e. The van der Waals surface area contributed by atoms with E-state index in [2.05, 4.69) is 11.3 Å². The molecule has 0 aromatic rings. The molecular weight excluding hydrogens is 233 g/mol. The number of unbranched alkanes of at least 4 members (excludes halogenated alkanes) is 1. The average Bonchev–Trinajstić information content (AvgIpc) is 2.21. The molecule has 0 fully saturated rings. The quantitative estimate of drug-likeness (QED) is 0.354. The second-order valence-corrected chi connectivity index (χ2v) is 4.09. The van der Waals surface area contributed by atoms with E-state index < -0.39 is 12.1 Å². The molecule has 0 N–H and O–H groups in total. The zero-order chi connectivity index (χ0) is 13.3. The SMILES string of the molecule is C=CCC(CCCC[C@@H](C)OC=O)C(F)(F)F. The minimum atomic E-state index is -4.15. The first-order valence-corrected chi connectivity index (χ1v) is 5.68. The predicted octanol–water partition coefficient (Wildman–Crippen LogP) is 3.86. The summed E-state index contributed by atoms with van der Waals surface area (Å²) in [6.07, 6.45) is -1.32. The van der Waals surface area contributed by atoms with Crippen LogP contribution in [0.4, 0.5) is 13.2 Å². The van der Waals surface area contributed by atoms with Crippen LogP contribution in [0.15, 0.2) is 12.7 Å². The number of carbonyl (C=O) groups excluding carboxylic acids is 1. The number of allylic oxidation sites excluding steroid dienone is 1. The first-order valence-electron chi connectivity index (χ1n) is 5.68. The van der Waals surface area contributed by atoms with Crippen LogP contribution in [0, 0.1) is 5.92 Å². The van der Waals surface area contributed by atoms with Crippen molar-refractivity contribution < 1.29 is 22.7 Å². The summed E-state index contributed by atoms with van der Waals surface area (Å²) in [6.45, 7) is 5.42. The highest BCUT2D eigenvalue weighted by molar-refractivity contribution is 5.37. The Bertz CT molecular complexity index is 226. The third-order valence-corrected chi connectivity index (χ3v) is 2.62. The first kappa shape index (κ1) is 16.0. The number of alkyl halides is 3. The second-order valence-electron chi connectivity index (χ2n) is 4.09. The molecule has 0 aliphatic carbocycles. The lowest BCUT2D eigenvalue weighted by molar-refractivity contribution is -0.175. The maximum absolute atomic E-state index is 12.5. The van der Waals surface area contributed by atoms with Crippen molar-refractivity contribution in [1.29, 1.82) is 0 Å². The van der Waals surface area contributed by atoms with E-state index in [9.17, 15) is 18.0 Å². The Balaban J connectivity index is 3.83. The van der Waals surface area contributed by atoms with Gasteiger partial charge < -0.3 is 4.74 Å². The zero-order valence-electron chi connectivity index (χ0n) is 10.0. The van der Waals surface area contributed by atoms with Crippen molar-refractivity contribution in [2.75, 3.05) is 0 Å². The van der Waals surface area contributed by atoms with E-state index in [0.717, 1.165) is 0 Å². The van der Waals surface area contributed by atoms with Gasteiger partial charge in [-0.05, 0) is 32.6 Å².